The van der Waals surface area contributed by atoms with Gasteiger partial charge in [0, 0.05) is 15.9 Å². The summed E-state index contributed by atoms with van der Waals surface area (Å²) in [5.74, 6) is 0. The van der Waals surface area contributed by atoms with Crippen LogP contribution in [0.15, 0.2) is 45.1 Å². The minimum atomic E-state index is -3.57. The normalized spacial score (nSPS) is 11.6. The zero-order valence-electron chi connectivity index (χ0n) is 9.97. The van der Waals surface area contributed by atoms with E-state index in [-0.39, 0.29) is 10.6 Å². The van der Waals surface area contributed by atoms with E-state index < -0.39 is 10.0 Å². The summed E-state index contributed by atoms with van der Waals surface area (Å²) in [6.07, 6.45) is 0.671. The first-order chi connectivity index (χ1) is 8.99. The Morgan fingerprint density at radius 1 is 1.32 bits per heavy atom. The lowest BCUT2D eigenvalue weighted by Crippen LogP contribution is -2.26. The minimum Gasteiger partial charge on any atom is -0.398 e. The van der Waals surface area contributed by atoms with E-state index in [1.165, 1.54) is 6.07 Å². The Morgan fingerprint density at radius 3 is 2.79 bits per heavy atom. The Labute approximate surface area is 124 Å². The molecule has 0 fully saturated rings. The van der Waals surface area contributed by atoms with Crippen molar-refractivity contribution in [1.29, 1.82) is 0 Å². The maximum Gasteiger partial charge on any atom is 0.242 e. The Balaban J connectivity index is 2.07. The summed E-state index contributed by atoms with van der Waals surface area (Å²) in [4.78, 5) is 1.25. The molecule has 0 saturated heterocycles. The number of hydrogen-bond donors (Lipinski definition) is 2. The lowest BCUT2D eigenvalue weighted by Gasteiger charge is -2.09. The fraction of sp³-hybridized carbons (Fsp3) is 0.167. The fourth-order valence-corrected chi connectivity index (χ4v) is 3.99. The molecule has 0 radical (unpaired) electrons. The maximum absolute atomic E-state index is 12.1. The number of hydrogen-bond acceptors (Lipinski definition) is 4. The van der Waals surface area contributed by atoms with E-state index in [4.69, 9.17) is 5.73 Å². The van der Waals surface area contributed by atoms with E-state index in [0.717, 1.165) is 4.88 Å². The monoisotopic (exact) mass is 360 g/mol. The average molecular weight is 361 g/mol. The topological polar surface area (TPSA) is 72.2 Å². The van der Waals surface area contributed by atoms with E-state index in [1.54, 1.807) is 23.5 Å². The van der Waals surface area contributed by atoms with Gasteiger partial charge in [0.2, 0.25) is 10.0 Å². The number of rotatable bonds is 5. The Kier molecular flexibility index (Phi) is 4.62. The van der Waals surface area contributed by atoms with Gasteiger partial charge >= 0.3 is 0 Å². The van der Waals surface area contributed by atoms with Gasteiger partial charge in [-0.15, -0.1) is 11.3 Å². The van der Waals surface area contributed by atoms with Crippen LogP contribution in [0, 0.1) is 0 Å². The average Bonchev–Trinajstić information content (AvgIpc) is 2.85. The second-order valence-electron chi connectivity index (χ2n) is 3.91. The van der Waals surface area contributed by atoms with E-state index in [2.05, 4.69) is 20.7 Å². The van der Waals surface area contributed by atoms with Crippen LogP contribution in [0.2, 0.25) is 0 Å². The number of benzene rings is 1. The number of nitrogens with two attached hydrogens (primary N) is 1. The van der Waals surface area contributed by atoms with Gasteiger partial charge in [-0.25, -0.2) is 13.1 Å². The molecule has 2 aromatic rings. The van der Waals surface area contributed by atoms with E-state index in [1.807, 2.05) is 17.5 Å². The van der Waals surface area contributed by atoms with Crippen LogP contribution < -0.4 is 10.5 Å². The predicted molar refractivity (Wildman–Crippen MR) is 81.8 cm³/mol. The van der Waals surface area contributed by atoms with Gasteiger partial charge in [-0.3, -0.25) is 0 Å². The first-order valence-corrected chi connectivity index (χ1v) is 8.72. The van der Waals surface area contributed by atoms with Crippen LogP contribution in [0.4, 0.5) is 5.69 Å². The standard InChI is InChI=1S/C12H13BrN2O2S2/c13-9-3-4-11(14)12(8-9)19(16,17)15-6-5-10-2-1-7-18-10/h1-4,7-8,15H,5-6,14H2. The summed E-state index contributed by atoms with van der Waals surface area (Å²) in [6.45, 7) is 0.356. The van der Waals surface area contributed by atoms with Crippen LogP contribution in [0.5, 0.6) is 0 Å². The molecule has 3 N–H and O–H groups in total. The van der Waals surface area contributed by atoms with Gasteiger partial charge in [-0.2, -0.15) is 0 Å². The first kappa shape index (κ1) is 14.5. The summed E-state index contributed by atoms with van der Waals surface area (Å²) in [5.41, 5.74) is 5.95. The second-order valence-corrected chi connectivity index (χ2v) is 7.59. The molecule has 4 nitrogen and oxygen atoms in total. The summed E-state index contributed by atoms with van der Waals surface area (Å²) in [5, 5.41) is 1.97. The van der Waals surface area contributed by atoms with Crippen molar-refractivity contribution in [3.05, 3.63) is 45.1 Å². The summed E-state index contributed by atoms with van der Waals surface area (Å²) < 4.78 is 27.5. The fourth-order valence-electron chi connectivity index (χ4n) is 1.58. The molecule has 0 amide bonds. The quantitative estimate of drug-likeness (QED) is 0.805. The van der Waals surface area contributed by atoms with Crippen molar-refractivity contribution in [2.24, 2.45) is 0 Å². The lowest BCUT2D eigenvalue weighted by molar-refractivity contribution is 0.582. The van der Waals surface area contributed by atoms with Crippen molar-refractivity contribution in [1.82, 2.24) is 4.72 Å². The summed E-state index contributed by atoms with van der Waals surface area (Å²) in [6, 6.07) is 8.70. The molecule has 1 aromatic heterocycles. The Bertz CT molecular complexity index is 654. The third kappa shape index (κ3) is 3.79. The van der Waals surface area contributed by atoms with Gasteiger partial charge in [-0.05, 0) is 36.1 Å². The second kappa shape index (κ2) is 6.04. The molecule has 102 valence electrons. The highest BCUT2D eigenvalue weighted by Gasteiger charge is 2.17. The molecule has 0 aliphatic rings. The highest BCUT2D eigenvalue weighted by atomic mass is 79.9. The maximum atomic E-state index is 12.1. The molecule has 0 atom stereocenters. The number of nitrogens with one attached hydrogen (secondary N) is 1. The van der Waals surface area contributed by atoms with Crippen molar-refractivity contribution in [3.63, 3.8) is 0 Å². The van der Waals surface area contributed by atoms with Crippen LogP contribution in [-0.4, -0.2) is 15.0 Å². The van der Waals surface area contributed by atoms with Crippen molar-refractivity contribution >= 4 is 43.0 Å². The van der Waals surface area contributed by atoms with Crippen LogP contribution >= 0.6 is 27.3 Å². The molecule has 7 heteroatoms. The molecule has 1 heterocycles. The molecule has 0 unspecified atom stereocenters. The van der Waals surface area contributed by atoms with Crippen LogP contribution in [0.25, 0.3) is 0 Å². The van der Waals surface area contributed by atoms with E-state index >= 15 is 0 Å². The third-order valence-corrected chi connectivity index (χ3v) is 5.45. The molecule has 0 aliphatic heterocycles. The number of sulfonamides is 1. The van der Waals surface area contributed by atoms with Crippen molar-refractivity contribution in [3.8, 4) is 0 Å². The van der Waals surface area contributed by atoms with Gasteiger partial charge in [-0.1, -0.05) is 22.0 Å². The van der Waals surface area contributed by atoms with Crippen LogP contribution in [0.3, 0.4) is 0 Å². The third-order valence-electron chi connectivity index (χ3n) is 2.51. The number of halogens is 1. The van der Waals surface area contributed by atoms with Gasteiger partial charge < -0.3 is 5.73 Å². The Hall–Kier alpha value is -0.890. The molecule has 0 bridgehead atoms. The SMILES string of the molecule is Nc1ccc(Br)cc1S(=O)(=O)NCCc1cccs1. The highest BCUT2D eigenvalue weighted by molar-refractivity contribution is 9.10. The predicted octanol–water partition coefficient (Wildman–Crippen LogP) is 2.61. The van der Waals surface area contributed by atoms with Gasteiger partial charge in [0.05, 0.1) is 5.69 Å². The van der Waals surface area contributed by atoms with Crippen molar-refractivity contribution in [2.45, 2.75) is 11.3 Å². The summed E-state index contributed by atoms with van der Waals surface area (Å²) >= 11 is 4.85. The van der Waals surface area contributed by atoms with Crippen molar-refractivity contribution < 1.29 is 8.42 Å². The molecule has 2 rings (SSSR count). The van der Waals surface area contributed by atoms with E-state index in [0.29, 0.717) is 17.4 Å². The molecular weight excluding hydrogens is 348 g/mol. The van der Waals surface area contributed by atoms with Crippen molar-refractivity contribution in [2.75, 3.05) is 12.3 Å². The van der Waals surface area contributed by atoms with Crippen LogP contribution in [0.1, 0.15) is 4.88 Å². The molecule has 0 spiro atoms. The number of nitrogen functional groups attached to an aromatic ring is 1. The van der Waals surface area contributed by atoms with E-state index in [9.17, 15) is 8.42 Å². The Morgan fingerprint density at radius 2 is 2.11 bits per heavy atom. The lowest BCUT2D eigenvalue weighted by atomic mass is 10.3. The molecule has 1 aromatic carbocycles. The summed E-state index contributed by atoms with van der Waals surface area (Å²) in [7, 11) is -3.57. The molecule has 0 aliphatic carbocycles. The first-order valence-electron chi connectivity index (χ1n) is 5.56. The van der Waals surface area contributed by atoms with Crippen LogP contribution in [-0.2, 0) is 16.4 Å². The van der Waals surface area contributed by atoms with Gasteiger partial charge in [0.25, 0.3) is 0 Å². The zero-order chi connectivity index (χ0) is 13.9. The number of thiophene rings is 1. The number of anilines is 1. The highest BCUT2D eigenvalue weighted by Crippen LogP contribution is 2.22. The largest absolute Gasteiger partial charge is 0.398 e. The molecule has 19 heavy (non-hydrogen) atoms. The molecular formula is C12H13BrN2O2S2. The smallest absolute Gasteiger partial charge is 0.242 e. The van der Waals surface area contributed by atoms with Gasteiger partial charge in [0.1, 0.15) is 4.90 Å². The molecule has 0 saturated carbocycles. The zero-order valence-corrected chi connectivity index (χ0v) is 13.2. The van der Waals surface area contributed by atoms with Gasteiger partial charge in [0.15, 0.2) is 0 Å². The minimum absolute atomic E-state index is 0.105.